The fraction of sp³-hybridized carbons (Fsp3) is 0.846. The van der Waals surface area contributed by atoms with Crippen molar-refractivity contribution in [1.82, 2.24) is 10.2 Å². The lowest BCUT2D eigenvalue weighted by Gasteiger charge is -2.32. The van der Waals surface area contributed by atoms with Crippen molar-refractivity contribution in [2.24, 2.45) is 11.8 Å². The van der Waals surface area contributed by atoms with E-state index >= 15 is 0 Å². The molecule has 0 aromatic heterocycles. The van der Waals surface area contributed by atoms with Gasteiger partial charge in [-0.2, -0.15) is 0 Å². The highest BCUT2D eigenvalue weighted by atomic mass is 16.5. The van der Waals surface area contributed by atoms with E-state index in [0.717, 1.165) is 12.8 Å². The number of ether oxygens (including phenoxy) is 1. The standard InChI is InChI=1S/C13H22N2O4/c1-8-3-5-15(11(8)12(16)17)13(18)14-10-4-6-19-7-9(10)2/h8-11H,3-7H2,1-2H3,(H,14,18)(H,16,17). The molecule has 0 aliphatic carbocycles. The van der Waals surface area contributed by atoms with Crippen molar-refractivity contribution >= 4 is 12.0 Å². The van der Waals surface area contributed by atoms with E-state index in [1.807, 2.05) is 13.8 Å². The third-order valence-corrected chi connectivity index (χ3v) is 4.16. The van der Waals surface area contributed by atoms with E-state index < -0.39 is 12.0 Å². The number of likely N-dealkylation sites (tertiary alicyclic amines) is 1. The van der Waals surface area contributed by atoms with Gasteiger partial charge in [0.25, 0.3) is 0 Å². The lowest BCUT2D eigenvalue weighted by Crippen LogP contribution is -2.53. The molecule has 2 fully saturated rings. The molecule has 0 aromatic carbocycles. The van der Waals surface area contributed by atoms with Crippen LogP contribution in [0, 0.1) is 11.8 Å². The zero-order chi connectivity index (χ0) is 14.0. The van der Waals surface area contributed by atoms with Gasteiger partial charge in [-0.3, -0.25) is 0 Å². The number of carboxylic acid groups (broad SMARTS) is 1. The Hall–Kier alpha value is -1.30. The van der Waals surface area contributed by atoms with Crippen LogP contribution in [0.2, 0.25) is 0 Å². The Morgan fingerprint density at radius 2 is 2.00 bits per heavy atom. The Bertz CT molecular complexity index is 361. The van der Waals surface area contributed by atoms with Gasteiger partial charge in [-0.05, 0) is 24.7 Å². The molecule has 2 N–H and O–H groups in total. The van der Waals surface area contributed by atoms with Gasteiger partial charge in [-0.15, -0.1) is 0 Å². The number of hydrogen-bond acceptors (Lipinski definition) is 3. The van der Waals surface area contributed by atoms with Crippen LogP contribution in [0.3, 0.4) is 0 Å². The summed E-state index contributed by atoms with van der Waals surface area (Å²) in [5.74, 6) is -0.642. The largest absolute Gasteiger partial charge is 0.480 e. The van der Waals surface area contributed by atoms with Crippen LogP contribution in [-0.2, 0) is 9.53 Å². The highest BCUT2D eigenvalue weighted by Gasteiger charge is 2.40. The van der Waals surface area contributed by atoms with Crippen molar-refractivity contribution in [3.8, 4) is 0 Å². The van der Waals surface area contributed by atoms with Gasteiger partial charge in [0, 0.05) is 19.2 Å². The molecule has 2 heterocycles. The summed E-state index contributed by atoms with van der Waals surface area (Å²) in [7, 11) is 0. The Balaban J connectivity index is 1.97. The number of hydrogen-bond donors (Lipinski definition) is 2. The number of carbonyl (C=O) groups is 2. The van der Waals surface area contributed by atoms with Gasteiger partial charge in [0.05, 0.1) is 6.61 Å². The van der Waals surface area contributed by atoms with Gasteiger partial charge in [0.2, 0.25) is 0 Å². The fourth-order valence-corrected chi connectivity index (χ4v) is 2.89. The van der Waals surface area contributed by atoms with Crippen LogP contribution in [0.1, 0.15) is 26.7 Å². The number of carbonyl (C=O) groups excluding carboxylic acids is 1. The second-order valence-electron chi connectivity index (χ2n) is 5.64. The molecule has 0 spiro atoms. The van der Waals surface area contributed by atoms with Gasteiger partial charge in [-0.1, -0.05) is 13.8 Å². The average molecular weight is 270 g/mol. The van der Waals surface area contributed by atoms with Gasteiger partial charge in [0.15, 0.2) is 0 Å². The van der Waals surface area contributed by atoms with Crippen molar-refractivity contribution in [1.29, 1.82) is 0 Å². The molecule has 2 aliphatic heterocycles. The van der Waals surface area contributed by atoms with Gasteiger partial charge in [0.1, 0.15) is 6.04 Å². The molecular weight excluding hydrogens is 248 g/mol. The van der Waals surface area contributed by atoms with E-state index in [0.29, 0.717) is 19.8 Å². The Morgan fingerprint density at radius 1 is 1.26 bits per heavy atom. The van der Waals surface area contributed by atoms with Crippen LogP contribution in [0.15, 0.2) is 0 Å². The number of rotatable bonds is 2. The van der Waals surface area contributed by atoms with Crippen LogP contribution < -0.4 is 5.32 Å². The Kier molecular flexibility index (Phi) is 4.29. The first-order chi connectivity index (χ1) is 9.00. The van der Waals surface area contributed by atoms with Crippen molar-refractivity contribution < 1.29 is 19.4 Å². The summed E-state index contributed by atoms with van der Waals surface area (Å²) in [6, 6.07) is -0.878. The molecule has 0 bridgehead atoms. The van der Waals surface area contributed by atoms with E-state index in [9.17, 15) is 14.7 Å². The lowest BCUT2D eigenvalue weighted by atomic mass is 9.98. The maximum Gasteiger partial charge on any atom is 0.326 e. The molecule has 2 aliphatic rings. The molecule has 108 valence electrons. The first-order valence-electron chi connectivity index (χ1n) is 6.88. The third kappa shape index (κ3) is 3.00. The summed E-state index contributed by atoms with van der Waals surface area (Å²) in [6.45, 7) is 5.72. The molecule has 0 saturated carbocycles. The minimum absolute atomic E-state index is 0.00960. The van der Waals surface area contributed by atoms with Crippen LogP contribution in [0.4, 0.5) is 4.79 Å². The summed E-state index contributed by atoms with van der Waals surface area (Å²) in [6.07, 6.45) is 1.53. The predicted molar refractivity (Wildman–Crippen MR) is 68.8 cm³/mol. The molecule has 2 saturated heterocycles. The minimum atomic E-state index is -0.917. The topological polar surface area (TPSA) is 78.9 Å². The van der Waals surface area contributed by atoms with Crippen LogP contribution in [0.25, 0.3) is 0 Å². The number of amides is 2. The summed E-state index contributed by atoms with van der Waals surface area (Å²) in [4.78, 5) is 24.9. The minimum Gasteiger partial charge on any atom is -0.480 e. The highest BCUT2D eigenvalue weighted by molar-refractivity contribution is 5.83. The summed E-state index contributed by atoms with van der Waals surface area (Å²) in [5.41, 5.74) is 0. The molecule has 2 rings (SSSR count). The van der Waals surface area contributed by atoms with Gasteiger partial charge < -0.3 is 20.1 Å². The van der Waals surface area contributed by atoms with Crippen molar-refractivity contribution in [2.75, 3.05) is 19.8 Å². The summed E-state index contributed by atoms with van der Waals surface area (Å²) < 4.78 is 5.34. The van der Waals surface area contributed by atoms with Crippen molar-refractivity contribution in [3.63, 3.8) is 0 Å². The van der Waals surface area contributed by atoms with Gasteiger partial charge in [-0.25, -0.2) is 9.59 Å². The normalized spacial score (nSPS) is 35.2. The zero-order valence-corrected chi connectivity index (χ0v) is 11.5. The zero-order valence-electron chi connectivity index (χ0n) is 11.5. The van der Waals surface area contributed by atoms with Crippen LogP contribution in [0.5, 0.6) is 0 Å². The summed E-state index contributed by atoms with van der Waals surface area (Å²) >= 11 is 0. The number of carboxylic acids is 1. The Labute approximate surface area is 113 Å². The molecule has 2 amide bonds. The maximum absolute atomic E-state index is 12.2. The van der Waals surface area contributed by atoms with E-state index in [-0.39, 0.29) is 23.9 Å². The third-order valence-electron chi connectivity index (χ3n) is 4.16. The molecule has 6 heteroatoms. The number of nitrogens with zero attached hydrogens (tertiary/aromatic N) is 1. The lowest BCUT2D eigenvalue weighted by molar-refractivity contribution is -0.142. The smallest absolute Gasteiger partial charge is 0.326 e. The quantitative estimate of drug-likeness (QED) is 0.782. The SMILES string of the molecule is CC1COCCC1NC(=O)N1CCC(C)C1C(=O)O. The second kappa shape index (κ2) is 5.77. The van der Waals surface area contributed by atoms with E-state index in [2.05, 4.69) is 5.32 Å². The molecule has 6 nitrogen and oxygen atoms in total. The number of urea groups is 1. The molecular formula is C13H22N2O4. The molecule has 4 atom stereocenters. The Morgan fingerprint density at radius 3 is 2.63 bits per heavy atom. The predicted octanol–water partition coefficient (Wildman–Crippen LogP) is 0.916. The monoisotopic (exact) mass is 270 g/mol. The average Bonchev–Trinajstić information content (AvgIpc) is 2.74. The molecule has 0 radical (unpaired) electrons. The van der Waals surface area contributed by atoms with E-state index in [4.69, 9.17) is 4.74 Å². The number of aliphatic carboxylic acids is 1. The van der Waals surface area contributed by atoms with Crippen molar-refractivity contribution in [2.45, 2.75) is 38.8 Å². The molecule has 0 aromatic rings. The molecule has 4 unspecified atom stereocenters. The second-order valence-corrected chi connectivity index (χ2v) is 5.64. The first-order valence-corrected chi connectivity index (χ1v) is 6.88. The van der Waals surface area contributed by atoms with Gasteiger partial charge >= 0.3 is 12.0 Å². The first kappa shape index (κ1) is 14.1. The van der Waals surface area contributed by atoms with Crippen LogP contribution in [-0.4, -0.2) is 53.8 Å². The molecule has 19 heavy (non-hydrogen) atoms. The van der Waals surface area contributed by atoms with Crippen molar-refractivity contribution in [3.05, 3.63) is 0 Å². The number of nitrogens with one attached hydrogen (secondary N) is 1. The summed E-state index contributed by atoms with van der Waals surface area (Å²) in [5, 5.41) is 12.2. The fourth-order valence-electron chi connectivity index (χ4n) is 2.89. The van der Waals surface area contributed by atoms with E-state index in [1.54, 1.807) is 0 Å². The highest BCUT2D eigenvalue weighted by Crippen LogP contribution is 2.24. The van der Waals surface area contributed by atoms with Crippen LogP contribution >= 0.6 is 0 Å². The maximum atomic E-state index is 12.2. The van der Waals surface area contributed by atoms with E-state index in [1.165, 1.54) is 4.90 Å².